The summed E-state index contributed by atoms with van der Waals surface area (Å²) in [5, 5.41) is 19.2. The fraction of sp³-hybridized carbons (Fsp3) is 0.762. The van der Waals surface area contributed by atoms with Gasteiger partial charge in [0.15, 0.2) is 0 Å². The SMILES string of the molecule is C=CCN(CCCC)C(=O)C1N(CCCO)C(=O)[C@@H]2[C@H](C(=O)O)[C@]3(C)CCC12S3. The van der Waals surface area contributed by atoms with Crippen molar-refractivity contribution in [3.05, 3.63) is 12.7 Å². The summed E-state index contributed by atoms with van der Waals surface area (Å²) in [6, 6.07) is -0.681. The molecule has 0 radical (unpaired) electrons. The maximum atomic E-state index is 13.7. The predicted molar refractivity (Wildman–Crippen MR) is 111 cm³/mol. The van der Waals surface area contributed by atoms with Crippen LogP contribution in [0.25, 0.3) is 0 Å². The number of thioether (sulfide) groups is 1. The average Bonchev–Trinajstić information content (AvgIpc) is 3.24. The van der Waals surface area contributed by atoms with Crippen LogP contribution in [0, 0.1) is 11.8 Å². The first-order valence-corrected chi connectivity index (χ1v) is 11.3. The Bertz CT molecular complexity index is 701. The second-order valence-electron chi connectivity index (χ2n) is 8.60. The molecular formula is C21H32N2O5S. The lowest BCUT2D eigenvalue weighted by Gasteiger charge is -2.37. The normalized spacial score (nSPS) is 35.1. The van der Waals surface area contributed by atoms with Crippen LogP contribution in [0.1, 0.15) is 46.0 Å². The number of aliphatic carboxylic acids is 1. The number of carboxylic acid groups (broad SMARTS) is 1. The van der Waals surface area contributed by atoms with Crippen molar-refractivity contribution in [2.24, 2.45) is 11.8 Å². The number of amides is 2. The van der Waals surface area contributed by atoms with Gasteiger partial charge in [0.1, 0.15) is 6.04 Å². The molecule has 8 heteroatoms. The van der Waals surface area contributed by atoms with Gasteiger partial charge in [-0.3, -0.25) is 14.4 Å². The van der Waals surface area contributed by atoms with Gasteiger partial charge in [-0.15, -0.1) is 18.3 Å². The Morgan fingerprint density at radius 1 is 1.38 bits per heavy atom. The van der Waals surface area contributed by atoms with Crippen molar-refractivity contribution in [2.75, 3.05) is 26.2 Å². The highest BCUT2D eigenvalue weighted by Crippen LogP contribution is 2.71. The fourth-order valence-electron chi connectivity index (χ4n) is 5.53. The number of rotatable bonds is 10. The molecule has 2 unspecified atom stereocenters. The number of hydrogen-bond acceptors (Lipinski definition) is 5. The van der Waals surface area contributed by atoms with Gasteiger partial charge >= 0.3 is 5.97 Å². The zero-order chi connectivity index (χ0) is 21.4. The monoisotopic (exact) mass is 424 g/mol. The molecule has 162 valence electrons. The molecule has 0 aromatic carbocycles. The van der Waals surface area contributed by atoms with Crippen LogP contribution in [0.2, 0.25) is 0 Å². The smallest absolute Gasteiger partial charge is 0.308 e. The summed E-state index contributed by atoms with van der Waals surface area (Å²) in [6.45, 7) is 8.93. The van der Waals surface area contributed by atoms with E-state index in [0.29, 0.717) is 32.4 Å². The number of carboxylic acids is 1. The van der Waals surface area contributed by atoms with E-state index in [4.69, 9.17) is 0 Å². The summed E-state index contributed by atoms with van der Waals surface area (Å²) >= 11 is 1.55. The van der Waals surface area contributed by atoms with Gasteiger partial charge in [0.05, 0.1) is 16.6 Å². The molecule has 1 spiro atoms. The van der Waals surface area contributed by atoms with Crippen molar-refractivity contribution in [1.29, 1.82) is 0 Å². The van der Waals surface area contributed by atoms with Crippen LogP contribution >= 0.6 is 11.8 Å². The Labute approximate surface area is 176 Å². The Morgan fingerprint density at radius 3 is 2.69 bits per heavy atom. The summed E-state index contributed by atoms with van der Waals surface area (Å²) < 4.78 is -1.23. The van der Waals surface area contributed by atoms with Gasteiger partial charge < -0.3 is 20.0 Å². The molecule has 0 aliphatic carbocycles. The molecule has 7 nitrogen and oxygen atoms in total. The minimum absolute atomic E-state index is 0.0816. The van der Waals surface area contributed by atoms with Crippen LogP contribution in [0.15, 0.2) is 12.7 Å². The zero-order valence-corrected chi connectivity index (χ0v) is 18.1. The summed E-state index contributed by atoms with van der Waals surface area (Å²) in [6.07, 6.45) is 5.21. The predicted octanol–water partition coefficient (Wildman–Crippen LogP) is 1.75. The van der Waals surface area contributed by atoms with Gasteiger partial charge in [-0.1, -0.05) is 19.4 Å². The highest BCUT2D eigenvalue weighted by Gasteiger charge is 2.77. The molecule has 5 atom stereocenters. The van der Waals surface area contributed by atoms with Crippen molar-refractivity contribution < 1.29 is 24.6 Å². The van der Waals surface area contributed by atoms with Crippen LogP contribution in [0.4, 0.5) is 0 Å². The first-order chi connectivity index (χ1) is 13.8. The number of nitrogens with zero attached hydrogens (tertiary/aromatic N) is 2. The molecule has 3 fully saturated rings. The van der Waals surface area contributed by atoms with Crippen LogP contribution < -0.4 is 0 Å². The van der Waals surface area contributed by atoms with Crippen molar-refractivity contribution in [1.82, 2.24) is 9.80 Å². The second kappa shape index (κ2) is 8.30. The van der Waals surface area contributed by atoms with Gasteiger partial charge in [-0.2, -0.15) is 0 Å². The van der Waals surface area contributed by atoms with Gasteiger partial charge in [-0.25, -0.2) is 0 Å². The van der Waals surface area contributed by atoms with Gasteiger partial charge in [0, 0.05) is 31.0 Å². The minimum atomic E-state index is -0.955. The van der Waals surface area contributed by atoms with E-state index in [1.807, 2.05) is 6.92 Å². The number of aliphatic hydroxyl groups excluding tert-OH is 1. The standard InChI is InChI=1S/C21H32N2O5S/c1-4-6-11-22(10-5-2)18(26)16-21-9-8-20(3,29-21)15(19(27)28)14(21)17(25)23(16)12-7-13-24/h5,14-16,24H,2,4,6-13H2,1,3H3,(H,27,28)/t14-,15+,16?,20-,21?/m0/s1. The third kappa shape index (κ3) is 3.38. The lowest BCUT2D eigenvalue weighted by molar-refractivity contribution is -0.150. The van der Waals surface area contributed by atoms with E-state index in [2.05, 4.69) is 13.5 Å². The molecule has 0 aromatic heterocycles. The molecule has 3 rings (SSSR count). The molecule has 3 saturated heterocycles. The van der Waals surface area contributed by atoms with Crippen LogP contribution in [0.5, 0.6) is 0 Å². The second-order valence-corrected chi connectivity index (χ2v) is 10.5. The van der Waals surface area contributed by atoms with Crippen LogP contribution in [-0.4, -0.2) is 79.6 Å². The maximum Gasteiger partial charge on any atom is 0.308 e. The molecule has 0 saturated carbocycles. The minimum Gasteiger partial charge on any atom is -0.481 e. The lowest BCUT2D eigenvalue weighted by atomic mass is 9.66. The van der Waals surface area contributed by atoms with Crippen molar-refractivity contribution in [2.45, 2.75) is 61.5 Å². The largest absolute Gasteiger partial charge is 0.481 e. The molecule has 3 aliphatic heterocycles. The van der Waals surface area contributed by atoms with Crippen molar-refractivity contribution >= 4 is 29.5 Å². The molecule has 2 N–H and O–H groups in total. The van der Waals surface area contributed by atoms with E-state index in [9.17, 15) is 24.6 Å². The molecule has 0 aromatic rings. The van der Waals surface area contributed by atoms with Gasteiger partial charge in [0.2, 0.25) is 11.8 Å². The first kappa shape index (κ1) is 22.2. The Morgan fingerprint density at radius 2 is 2.10 bits per heavy atom. The van der Waals surface area contributed by atoms with E-state index < -0.39 is 33.3 Å². The molecule has 2 bridgehead atoms. The van der Waals surface area contributed by atoms with Gasteiger partial charge in [-0.05, 0) is 32.6 Å². The Hall–Kier alpha value is -1.54. The van der Waals surface area contributed by atoms with E-state index in [-0.39, 0.29) is 25.0 Å². The summed E-state index contributed by atoms with van der Waals surface area (Å²) in [5.74, 6) is -2.78. The third-order valence-electron chi connectivity index (χ3n) is 6.78. The maximum absolute atomic E-state index is 13.7. The van der Waals surface area contributed by atoms with E-state index >= 15 is 0 Å². The average molecular weight is 425 g/mol. The summed E-state index contributed by atoms with van der Waals surface area (Å²) in [4.78, 5) is 42.6. The lowest BCUT2D eigenvalue weighted by Crippen LogP contribution is -2.55. The highest BCUT2D eigenvalue weighted by atomic mass is 32.2. The van der Waals surface area contributed by atoms with Crippen LogP contribution in [0.3, 0.4) is 0 Å². The van der Waals surface area contributed by atoms with Crippen molar-refractivity contribution in [3.63, 3.8) is 0 Å². The van der Waals surface area contributed by atoms with E-state index in [0.717, 1.165) is 12.8 Å². The Balaban J connectivity index is 2.02. The number of unbranched alkanes of at least 4 members (excludes halogenated alkanes) is 1. The summed E-state index contributed by atoms with van der Waals surface area (Å²) in [7, 11) is 0. The number of aliphatic hydroxyl groups is 1. The number of fused-ring (bicyclic) bond motifs is 1. The highest BCUT2D eigenvalue weighted by molar-refractivity contribution is 8.02. The van der Waals surface area contributed by atoms with Crippen molar-refractivity contribution in [3.8, 4) is 0 Å². The molecule has 3 aliphatic rings. The van der Waals surface area contributed by atoms with E-state index in [1.54, 1.807) is 27.6 Å². The number of hydrogen-bond donors (Lipinski definition) is 2. The first-order valence-electron chi connectivity index (χ1n) is 10.5. The fourth-order valence-corrected chi connectivity index (χ4v) is 7.88. The van der Waals surface area contributed by atoms with Crippen LogP contribution in [-0.2, 0) is 14.4 Å². The Kier molecular flexibility index (Phi) is 6.34. The topological polar surface area (TPSA) is 98.2 Å². The molecular weight excluding hydrogens is 392 g/mol. The quantitative estimate of drug-likeness (QED) is 0.519. The van der Waals surface area contributed by atoms with Gasteiger partial charge in [0.25, 0.3) is 0 Å². The van der Waals surface area contributed by atoms with E-state index in [1.165, 1.54) is 0 Å². The number of carbonyl (C=O) groups is 3. The summed E-state index contributed by atoms with van der Waals surface area (Å²) in [5.41, 5.74) is 0. The molecule has 3 heterocycles. The number of carbonyl (C=O) groups excluding carboxylic acids is 2. The third-order valence-corrected chi connectivity index (χ3v) is 8.76. The molecule has 29 heavy (non-hydrogen) atoms. The number of likely N-dealkylation sites (tertiary alicyclic amines) is 1. The molecule has 2 amide bonds. The zero-order valence-electron chi connectivity index (χ0n) is 17.3.